The van der Waals surface area contributed by atoms with Gasteiger partial charge in [-0.05, 0) is 5.56 Å². The summed E-state index contributed by atoms with van der Waals surface area (Å²) < 4.78 is 2.18. The highest BCUT2D eigenvalue weighted by Gasteiger charge is 1.95. The molecule has 12 heavy (non-hydrogen) atoms. The summed E-state index contributed by atoms with van der Waals surface area (Å²) in [5.74, 6) is 0. The molecule has 0 unspecified atom stereocenters. The summed E-state index contributed by atoms with van der Waals surface area (Å²) in [4.78, 5) is 10.7. The van der Waals surface area contributed by atoms with Gasteiger partial charge >= 0.3 is 6.03 Å². The molecule has 64 valence electrons. The molecule has 1 rings (SSSR count). The lowest BCUT2D eigenvalue weighted by Gasteiger charge is -2.02. The number of urea groups is 1. The normalized spacial score (nSPS) is 9.08. The van der Waals surface area contributed by atoms with Crippen LogP contribution in [-0.2, 0) is 6.54 Å². The Hall–Kier alpha value is -1.16. The van der Waals surface area contributed by atoms with Crippen molar-refractivity contribution in [1.29, 1.82) is 0 Å². The van der Waals surface area contributed by atoms with Gasteiger partial charge in [0.05, 0.1) is 0 Å². The Bertz CT molecular complexity index is 250. The molecule has 0 heterocycles. The molecule has 2 N–H and O–H groups in total. The maximum Gasteiger partial charge on any atom is 0.324 e. The maximum absolute atomic E-state index is 10.7. The third-order valence-corrected chi connectivity index (χ3v) is 1.60. The van der Waals surface area contributed by atoms with E-state index in [1.807, 2.05) is 30.3 Å². The van der Waals surface area contributed by atoms with Crippen LogP contribution in [-0.4, -0.2) is 6.03 Å². The lowest BCUT2D eigenvalue weighted by molar-refractivity contribution is 0.246. The van der Waals surface area contributed by atoms with Crippen molar-refractivity contribution >= 4 is 18.8 Å². The highest BCUT2D eigenvalue weighted by molar-refractivity contribution is 7.78. The Kier molecular flexibility index (Phi) is 3.47. The maximum atomic E-state index is 10.7. The van der Waals surface area contributed by atoms with Crippen molar-refractivity contribution in [3.63, 3.8) is 0 Å². The Labute approximate surface area is 76.7 Å². The van der Waals surface area contributed by atoms with Crippen molar-refractivity contribution in [2.45, 2.75) is 6.54 Å². The van der Waals surface area contributed by atoms with E-state index in [1.54, 1.807) is 0 Å². The fraction of sp³-hybridized carbons (Fsp3) is 0.125. The van der Waals surface area contributed by atoms with Crippen LogP contribution in [0.5, 0.6) is 0 Å². The van der Waals surface area contributed by atoms with Crippen LogP contribution >= 0.6 is 12.8 Å². The lowest BCUT2D eigenvalue weighted by Crippen LogP contribution is -2.29. The second-order valence-electron chi connectivity index (χ2n) is 2.28. The van der Waals surface area contributed by atoms with Crippen LogP contribution in [0, 0.1) is 0 Å². The SMILES string of the molecule is O=C(NS)NCc1ccccc1. The predicted molar refractivity (Wildman–Crippen MR) is 50.8 cm³/mol. The molecular formula is C8H10N2OS. The lowest BCUT2D eigenvalue weighted by atomic mass is 10.2. The Morgan fingerprint density at radius 1 is 1.33 bits per heavy atom. The number of carbonyl (C=O) groups excluding carboxylic acids is 1. The molecular weight excluding hydrogens is 172 g/mol. The number of hydrogen-bond acceptors (Lipinski definition) is 2. The number of carbonyl (C=O) groups is 1. The number of benzene rings is 1. The van der Waals surface area contributed by atoms with Crippen LogP contribution in [0.4, 0.5) is 4.79 Å². The topological polar surface area (TPSA) is 41.1 Å². The molecule has 0 saturated carbocycles. The molecule has 2 amide bonds. The molecule has 0 bridgehead atoms. The predicted octanol–water partition coefficient (Wildman–Crippen LogP) is 1.33. The van der Waals surface area contributed by atoms with Crippen LogP contribution < -0.4 is 10.0 Å². The van der Waals surface area contributed by atoms with Crippen molar-refractivity contribution in [1.82, 2.24) is 10.0 Å². The Morgan fingerprint density at radius 2 is 2.00 bits per heavy atom. The number of hydrogen-bond donors (Lipinski definition) is 3. The second kappa shape index (κ2) is 4.66. The molecule has 0 aliphatic heterocycles. The molecule has 0 atom stereocenters. The quantitative estimate of drug-likeness (QED) is 0.593. The van der Waals surface area contributed by atoms with Gasteiger partial charge in [0.25, 0.3) is 0 Å². The molecule has 0 aromatic heterocycles. The van der Waals surface area contributed by atoms with Crippen molar-refractivity contribution < 1.29 is 4.79 Å². The molecule has 0 saturated heterocycles. The molecule has 1 aromatic rings. The first-order chi connectivity index (χ1) is 5.83. The molecule has 0 aliphatic carbocycles. The van der Waals surface area contributed by atoms with Crippen molar-refractivity contribution in [2.24, 2.45) is 0 Å². The zero-order valence-electron chi connectivity index (χ0n) is 6.45. The standard InChI is InChI=1S/C8H10N2OS/c11-8(10-12)9-6-7-4-2-1-3-5-7/h1-5,12H,6H2,(H2,9,10,11). The van der Waals surface area contributed by atoms with Gasteiger partial charge in [-0.1, -0.05) is 43.1 Å². The number of thiol groups is 1. The average molecular weight is 182 g/mol. The van der Waals surface area contributed by atoms with Gasteiger partial charge < -0.3 is 5.32 Å². The summed E-state index contributed by atoms with van der Waals surface area (Å²) >= 11 is 3.60. The summed E-state index contributed by atoms with van der Waals surface area (Å²) in [5, 5.41) is 2.62. The first kappa shape index (κ1) is 8.93. The Morgan fingerprint density at radius 3 is 2.58 bits per heavy atom. The van der Waals surface area contributed by atoms with E-state index in [-0.39, 0.29) is 6.03 Å². The fourth-order valence-corrected chi connectivity index (χ4v) is 0.897. The summed E-state index contributed by atoms with van der Waals surface area (Å²) in [7, 11) is 0. The van der Waals surface area contributed by atoms with Gasteiger partial charge in [-0.3, -0.25) is 4.72 Å². The molecule has 0 spiro atoms. The average Bonchev–Trinajstić information content (AvgIpc) is 2.16. The van der Waals surface area contributed by atoms with Crippen molar-refractivity contribution in [3.8, 4) is 0 Å². The van der Waals surface area contributed by atoms with E-state index in [1.165, 1.54) is 0 Å². The largest absolute Gasteiger partial charge is 0.333 e. The van der Waals surface area contributed by atoms with Gasteiger partial charge in [0.1, 0.15) is 0 Å². The molecule has 0 radical (unpaired) electrons. The van der Waals surface area contributed by atoms with E-state index >= 15 is 0 Å². The van der Waals surface area contributed by atoms with E-state index in [2.05, 4.69) is 22.9 Å². The Balaban J connectivity index is 2.38. The van der Waals surface area contributed by atoms with Crippen LogP contribution in [0.15, 0.2) is 30.3 Å². The first-order valence-electron chi connectivity index (χ1n) is 3.55. The minimum atomic E-state index is -0.290. The fourth-order valence-electron chi connectivity index (χ4n) is 0.818. The monoisotopic (exact) mass is 182 g/mol. The van der Waals surface area contributed by atoms with Gasteiger partial charge in [0.2, 0.25) is 0 Å². The van der Waals surface area contributed by atoms with Crippen LogP contribution in [0.1, 0.15) is 5.56 Å². The van der Waals surface area contributed by atoms with E-state index < -0.39 is 0 Å². The van der Waals surface area contributed by atoms with Crippen molar-refractivity contribution in [3.05, 3.63) is 35.9 Å². The minimum Gasteiger partial charge on any atom is -0.333 e. The number of rotatable bonds is 2. The van der Waals surface area contributed by atoms with E-state index in [4.69, 9.17) is 0 Å². The molecule has 4 heteroatoms. The van der Waals surface area contributed by atoms with Gasteiger partial charge in [0, 0.05) is 6.54 Å². The minimum absolute atomic E-state index is 0.290. The zero-order chi connectivity index (χ0) is 8.81. The first-order valence-corrected chi connectivity index (χ1v) is 3.99. The number of amides is 2. The van der Waals surface area contributed by atoms with Gasteiger partial charge in [-0.2, -0.15) is 0 Å². The molecule has 0 aliphatic rings. The molecule has 3 nitrogen and oxygen atoms in total. The highest BCUT2D eigenvalue weighted by atomic mass is 32.1. The third kappa shape index (κ3) is 2.84. The highest BCUT2D eigenvalue weighted by Crippen LogP contribution is 1.96. The smallest absolute Gasteiger partial charge is 0.324 e. The third-order valence-electron chi connectivity index (χ3n) is 1.40. The summed E-state index contributed by atoms with van der Waals surface area (Å²) in [6, 6.07) is 9.38. The summed E-state index contributed by atoms with van der Waals surface area (Å²) in [6.45, 7) is 0.521. The van der Waals surface area contributed by atoms with Gasteiger partial charge in [-0.15, -0.1) is 0 Å². The van der Waals surface area contributed by atoms with Gasteiger partial charge in [0.15, 0.2) is 0 Å². The number of nitrogens with one attached hydrogen (secondary N) is 2. The van der Waals surface area contributed by atoms with Crippen LogP contribution in [0.2, 0.25) is 0 Å². The molecule has 0 fully saturated rings. The summed E-state index contributed by atoms with van der Waals surface area (Å²) in [6.07, 6.45) is 0. The van der Waals surface area contributed by atoms with E-state index in [0.717, 1.165) is 5.56 Å². The van der Waals surface area contributed by atoms with Crippen LogP contribution in [0.3, 0.4) is 0 Å². The van der Waals surface area contributed by atoms with E-state index in [0.29, 0.717) is 6.54 Å². The van der Waals surface area contributed by atoms with Crippen LogP contribution in [0.25, 0.3) is 0 Å². The van der Waals surface area contributed by atoms with E-state index in [9.17, 15) is 4.79 Å². The van der Waals surface area contributed by atoms with Gasteiger partial charge in [-0.25, -0.2) is 4.79 Å². The zero-order valence-corrected chi connectivity index (χ0v) is 7.34. The second-order valence-corrected chi connectivity index (χ2v) is 2.50. The van der Waals surface area contributed by atoms with Crippen molar-refractivity contribution in [2.75, 3.05) is 0 Å². The summed E-state index contributed by atoms with van der Waals surface area (Å²) in [5.41, 5.74) is 1.06. The molecule has 1 aromatic carbocycles.